The van der Waals surface area contributed by atoms with E-state index in [1.54, 1.807) is 25.3 Å². The minimum Gasteiger partial charge on any atom is -0.493 e. The van der Waals surface area contributed by atoms with E-state index in [2.05, 4.69) is 0 Å². The topological polar surface area (TPSA) is 44.5 Å². The van der Waals surface area contributed by atoms with Crippen LogP contribution in [0.1, 0.15) is 5.56 Å². The molecule has 0 heterocycles. The lowest BCUT2D eigenvalue weighted by Gasteiger charge is -2.11. The first kappa shape index (κ1) is 11.3. The standard InChI is InChI=1S/C14H15NO2/c1-16-13-8-7-12(15)9-14(13)17-10-11-5-3-2-4-6-11/h2-9H,10,15H2,1H3. The number of nitrogens with two attached hydrogens (primary N) is 1. The van der Waals surface area contributed by atoms with Crippen molar-refractivity contribution in [3.05, 3.63) is 54.1 Å². The average Bonchev–Trinajstić information content (AvgIpc) is 2.38. The van der Waals surface area contributed by atoms with Gasteiger partial charge in [-0.3, -0.25) is 0 Å². The zero-order chi connectivity index (χ0) is 12.1. The molecule has 2 aromatic rings. The van der Waals surface area contributed by atoms with Gasteiger partial charge in [-0.2, -0.15) is 0 Å². The highest BCUT2D eigenvalue weighted by Gasteiger charge is 2.04. The van der Waals surface area contributed by atoms with Crippen LogP contribution in [0.3, 0.4) is 0 Å². The highest BCUT2D eigenvalue weighted by Crippen LogP contribution is 2.29. The Morgan fingerprint density at radius 2 is 1.76 bits per heavy atom. The number of rotatable bonds is 4. The molecule has 3 nitrogen and oxygen atoms in total. The summed E-state index contributed by atoms with van der Waals surface area (Å²) in [6.45, 7) is 0.501. The first-order chi connectivity index (χ1) is 8.29. The highest BCUT2D eigenvalue weighted by molar-refractivity contribution is 5.51. The van der Waals surface area contributed by atoms with Gasteiger partial charge in [0.2, 0.25) is 0 Å². The van der Waals surface area contributed by atoms with Crippen molar-refractivity contribution in [3.63, 3.8) is 0 Å². The van der Waals surface area contributed by atoms with Crippen LogP contribution in [0, 0.1) is 0 Å². The molecule has 2 N–H and O–H groups in total. The predicted molar refractivity (Wildman–Crippen MR) is 68.2 cm³/mol. The minimum atomic E-state index is 0.501. The maximum atomic E-state index is 5.72. The Kier molecular flexibility index (Phi) is 3.50. The molecule has 17 heavy (non-hydrogen) atoms. The van der Waals surface area contributed by atoms with E-state index in [4.69, 9.17) is 15.2 Å². The van der Waals surface area contributed by atoms with Crippen LogP contribution in [-0.4, -0.2) is 7.11 Å². The molecule has 0 aliphatic rings. The van der Waals surface area contributed by atoms with Gasteiger partial charge in [-0.25, -0.2) is 0 Å². The Balaban J connectivity index is 2.11. The van der Waals surface area contributed by atoms with Crippen molar-refractivity contribution in [2.24, 2.45) is 0 Å². The smallest absolute Gasteiger partial charge is 0.163 e. The van der Waals surface area contributed by atoms with Gasteiger partial charge in [0, 0.05) is 11.8 Å². The van der Waals surface area contributed by atoms with Crippen LogP contribution in [0.25, 0.3) is 0 Å². The van der Waals surface area contributed by atoms with Crippen molar-refractivity contribution in [2.45, 2.75) is 6.61 Å². The summed E-state index contributed by atoms with van der Waals surface area (Å²) < 4.78 is 10.9. The van der Waals surface area contributed by atoms with Crippen LogP contribution in [-0.2, 0) is 6.61 Å². The number of ether oxygens (including phenoxy) is 2. The summed E-state index contributed by atoms with van der Waals surface area (Å²) in [7, 11) is 1.61. The van der Waals surface area contributed by atoms with Crippen LogP contribution in [0.2, 0.25) is 0 Å². The van der Waals surface area contributed by atoms with E-state index in [9.17, 15) is 0 Å². The number of anilines is 1. The molecule has 3 heteroatoms. The lowest BCUT2D eigenvalue weighted by Crippen LogP contribution is -1.98. The van der Waals surface area contributed by atoms with Crippen LogP contribution in [0.5, 0.6) is 11.5 Å². The summed E-state index contributed by atoms with van der Waals surface area (Å²) in [5, 5.41) is 0. The van der Waals surface area contributed by atoms with Crippen molar-refractivity contribution in [1.29, 1.82) is 0 Å². The number of hydrogen-bond acceptors (Lipinski definition) is 3. The van der Waals surface area contributed by atoms with E-state index in [0.717, 1.165) is 5.56 Å². The number of methoxy groups -OCH3 is 1. The summed E-state index contributed by atoms with van der Waals surface area (Å²) in [4.78, 5) is 0. The number of nitrogen functional groups attached to an aromatic ring is 1. The molecule has 2 aromatic carbocycles. The van der Waals surface area contributed by atoms with E-state index < -0.39 is 0 Å². The molecule has 0 radical (unpaired) electrons. The van der Waals surface area contributed by atoms with Gasteiger partial charge in [-0.05, 0) is 17.7 Å². The molecule has 0 aliphatic carbocycles. The largest absolute Gasteiger partial charge is 0.493 e. The molecule has 0 amide bonds. The Hall–Kier alpha value is -2.16. The third-order valence-electron chi connectivity index (χ3n) is 2.42. The van der Waals surface area contributed by atoms with Crippen LogP contribution in [0.15, 0.2) is 48.5 Å². The van der Waals surface area contributed by atoms with Gasteiger partial charge in [0.25, 0.3) is 0 Å². The normalized spacial score (nSPS) is 9.94. The third-order valence-corrected chi connectivity index (χ3v) is 2.42. The molecule has 0 aromatic heterocycles. The Morgan fingerprint density at radius 1 is 1.00 bits per heavy atom. The van der Waals surface area contributed by atoms with Crippen molar-refractivity contribution < 1.29 is 9.47 Å². The fraction of sp³-hybridized carbons (Fsp3) is 0.143. The van der Waals surface area contributed by atoms with Gasteiger partial charge in [0.05, 0.1) is 7.11 Å². The molecule has 0 saturated heterocycles. The number of benzene rings is 2. The van der Waals surface area contributed by atoms with Gasteiger partial charge in [0.1, 0.15) is 6.61 Å². The molecule has 0 bridgehead atoms. The van der Waals surface area contributed by atoms with Gasteiger partial charge < -0.3 is 15.2 Å². The lowest BCUT2D eigenvalue weighted by molar-refractivity contribution is 0.285. The van der Waals surface area contributed by atoms with Gasteiger partial charge >= 0.3 is 0 Å². The maximum absolute atomic E-state index is 5.72. The first-order valence-corrected chi connectivity index (χ1v) is 5.40. The molecule has 0 spiro atoms. The van der Waals surface area contributed by atoms with Crippen molar-refractivity contribution in [1.82, 2.24) is 0 Å². The first-order valence-electron chi connectivity index (χ1n) is 5.40. The zero-order valence-corrected chi connectivity index (χ0v) is 9.72. The Morgan fingerprint density at radius 3 is 2.47 bits per heavy atom. The minimum absolute atomic E-state index is 0.501. The van der Waals surface area contributed by atoms with E-state index in [1.807, 2.05) is 30.3 Å². The molecule has 88 valence electrons. The van der Waals surface area contributed by atoms with E-state index >= 15 is 0 Å². The fourth-order valence-corrected chi connectivity index (χ4v) is 1.54. The van der Waals surface area contributed by atoms with E-state index in [1.165, 1.54) is 0 Å². The fourth-order valence-electron chi connectivity index (χ4n) is 1.54. The molecule has 0 fully saturated rings. The van der Waals surface area contributed by atoms with Gasteiger partial charge in [0.15, 0.2) is 11.5 Å². The zero-order valence-electron chi connectivity index (χ0n) is 9.72. The average molecular weight is 229 g/mol. The molecule has 0 aliphatic heterocycles. The molecular formula is C14H15NO2. The molecule has 0 saturated carbocycles. The molecule has 2 rings (SSSR count). The summed E-state index contributed by atoms with van der Waals surface area (Å²) in [6.07, 6.45) is 0. The highest BCUT2D eigenvalue weighted by atomic mass is 16.5. The summed E-state index contributed by atoms with van der Waals surface area (Å²) in [5.74, 6) is 1.35. The molecular weight excluding hydrogens is 214 g/mol. The van der Waals surface area contributed by atoms with Crippen molar-refractivity contribution in [3.8, 4) is 11.5 Å². The number of hydrogen-bond donors (Lipinski definition) is 1. The second-order valence-electron chi connectivity index (χ2n) is 3.68. The van der Waals surface area contributed by atoms with Crippen molar-refractivity contribution >= 4 is 5.69 Å². The Bertz CT molecular complexity index is 483. The quantitative estimate of drug-likeness (QED) is 0.820. The van der Waals surface area contributed by atoms with Crippen LogP contribution < -0.4 is 15.2 Å². The SMILES string of the molecule is COc1ccc(N)cc1OCc1ccccc1. The maximum Gasteiger partial charge on any atom is 0.163 e. The van der Waals surface area contributed by atoms with Crippen LogP contribution in [0.4, 0.5) is 5.69 Å². The van der Waals surface area contributed by atoms with Gasteiger partial charge in [-0.15, -0.1) is 0 Å². The second-order valence-corrected chi connectivity index (χ2v) is 3.68. The van der Waals surface area contributed by atoms with E-state index in [-0.39, 0.29) is 0 Å². The lowest BCUT2D eigenvalue weighted by atomic mass is 10.2. The predicted octanol–water partition coefficient (Wildman–Crippen LogP) is 2.86. The van der Waals surface area contributed by atoms with Crippen molar-refractivity contribution in [2.75, 3.05) is 12.8 Å². The molecule has 0 atom stereocenters. The summed E-state index contributed by atoms with van der Waals surface area (Å²) in [6, 6.07) is 15.3. The van der Waals surface area contributed by atoms with Gasteiger partial charge in [-0.1, -0.05) is 30.3 Å². The van der Waals surface area contributed by atoms with Crippen LogP contribution >= 0.6 is 0 Å². The summed E-state index contributed by atoms with van der Waals surface area (Å²) >= 11 is 0. The van der Waals surface area contributed by atoms with E-state index in [0.29, 0.717) is 23.8 Å². The summed E-state index contributed by atoms with van der Waals surface area (Å²) in [5.41, 5.74) is 7.48. The second kappa shape index (κ2) is 5.25. The third kappa shape index (κ3) is 2.91. The Labute approximate surface area is 101 Å². The molecule has 0 unspecified atom stereocenters. The monoisotopic (exact) mass is 229 g/mol.